The van der Waals surface area contributed by atoms with E-state index < -0.39 is 6.04 Å². The molecule has 124 valence electrons. The minimum Gasteiger partial charge on any atom is -0.345 e. The molecule has 1 heterocycles. The fourth-order valence-electron chi connectivity index (χ4n) is 2.62. The van der Waals surface area contributed by atoms with E-state index in [4.69, 9.17) is 0 Å². The highest BCUT2D eigenvalue weighted by Gasteiger charge is 2.49. The molecule has 0 saturated heterocycles. The molecule has 0 radical (unpaired) electrons. The molecule has 1 aromatic rings. The van der Waals surface area contributed by atoms with E-state index in [1.165, 1.54) is 18.6 Å². The minimum atomic E-state index is -0.534. The topological polar surface area (TPSA) is 89.0 Å². The molecule has 6 heteroatoms. The molecule has 0 aliphatic heterocycles. The monoisotopic (exact) mass is 317 g/mol. The molecule has 0 spiro atoms. The fourth-order valence-corrected chi connectivity index (χ4v) is 2.62. The van der Waals surface area contributed by atoms with E-state index in [9.17, 15) is 14.4 Å². The summed E-state index contributed by atoms with van der Waals surface area (Å²) in [5.41, 5.74) is -0.0768. The van der Waals surface area contributed by atoms with Crippen molar-refractivity contribution >= 4 is 17.5 Å². The molecular formula is C17H23N3O3. The predicted octanol–water partition coefficient (Wildman–Crippen LogP) is 1.81. The predicted molar refractivity (Wildman–Crippen MR) is 84.6 cm³/mol. The highest BCUT2D eigenvalue weighted by atomic mass is 16.2. The average Bonchev–Trinajstić information content (AvgIpc) is 3.31. The van der Waals surface area contributed by atoms with Crippen molar-refractivity contribution in [2.24, 2.45) is 17.3 Å². The Morgan fingerprint density at radius 2 is 1.96 bits per heavy atom. The summed E-state index contributed by atoms with van der Waals surface area (Å²) in [5, 5.41) is 2.83. The van der Waals surface area contributed by atoms with Crippen LogP contribution in [0.25, 0.3) is 0 Å². The number of carbonyl (C=O) groups excluding carboxylic acids is 3. The van der Waals surface area contributed by atoms with Crippen molar-refractivity contribution in [3.63, 3.8) is 0 Å². The minimum absolute atomic E-state index is 0.00306. The van der Waals surface area contributed by atoms with Gasteiger partial charge in [0.1, 0.15) is 5.69 Å². The first kappa shape index (κ1) is 17.2. The van der Waals surface area contributed by atoms with Gasteiger partial charge in [0, 0.05) is 30.7 Å². The van der Waals surface area contributed by atoms with Crippen LogP contribution in [-0.4, -0.2) is 33.5 Å². The van der Waals surface area contributed by atoms with Crippen LogP contribution in [0.3, 0.4) is 0 Å². The normalized spacial score (nSPS) is 21.4. The van der Waals surface area contributed by atoms with Crippen molar-refractivity contribution in [1.29, 1.82) is 0 Å². The maximum absolute atomic E-state index is 12.4. The fraction of sp³-hybridized carbons (Fsp3) is 0.588. The van der Waals surface area contributed by atoms with E-state index in [-0.39, 0.29) is 40.4 Å². The number of aromatic nitrogens is 2. The summed E-state index contributed by atoms with van der Waals surface area (Å²) >= 11 is 0. The van der Waals surface area contributed by atoms with Crippen molar-refractivity contribution < 1.29 is 14.4 Å². The number of amides is 1. The molecule has 2 rings (SSSR count). The molecule has 0 bridgehead atoms. The molecule has 23 heavy (non-hydrogen) atoms. The third-order valence-electron chi connectivity index (χ3n) is 4.10. The van der Waals surface area contributed by atoms with E-state index in [0.717, 1.165) is 0 Å². The lowest BCUT2D eigenvalue weighted by molar-refractivity contribution is -0.130. The second kappa shape index (κ2) is 6.56. The van der Waals surface area contributed by atoms with E-state index in [1.54, 1.807) is 6.92 Å². The van der Waals surface area contributed by atoms with E-state index >= 15 is 0 Å². The Bertz CT molecular complexity index is 607. The van der Waals surface area contributed by atoms with Crippen LogP contribution in [0.4, 0.5) is 0 Å². The van der Waals surface area contributed by atoms with Gasteiger partial charge in [0.15, 0.2) is 11.6 Å². The molecule has 1 unspecified atom stereocenters. The van der Waals surface area contributed by atoms with Crippen molar-refractivity contribution in [3.05, 3.63) is 24.3 Å². The van der Waals surface area contributed by atoms with Gasteiger partial charge >= 0.3 is 0 Å². The van der Waals surface area contributed by atoms with Gasteiger partial charge in [-0.05, 0) is 11.8 Å². The second-order valence-electron chi connectivity index (χ2n) is 7.03. The van der Waals surface area contributed by atoms with Gasteiger partial charge in [0.2, 0.25) is 5.91 Å². The SMILES string of the molecule is CCC(=O)[C@@H](NC(=O)C1C[C@@H]1C(=O)c1cnccn1)C(C)(C)C. The summed E-state index contributed by atoms with van der Waals surface area (Å²) in [6.07, 6.45) is 5.24. The number of carbonyl (C=O) groups is 3. The lowest BCUT2D eigenvalue weighted by Gasteiger charge is -2.30. The lowest BCUT2D eigenvalue weighted by atomic mass is 9.83. The van der Waals surface area contributed by atoms with Crippen LogP contribution < -0.4 is 5.32 Å². The van der Waals surface area contributed by atoms with Gasteiger partial charge in [-0.15, -0.1) is 0 Å². The van der Waals surface area contributed by atoms with Gasteiger partial charge in [-0.1, -0.05) is 27.7 Å². The quantitative estimate of drug-likeness (QED) is 0.808. The highest BCUT2D eigenvalue weighted by molar-refractivity contribution is 6.02. The Morgan fingerprint density at radius 1 is 1.26 bits per heavy atom. The lowest BCUT2D eigenvalue weighted by Crippen LogP contribution is -2.49. The Hall–Kier alpha value is -2.11. The Balaban J connectivity index is 2.00. The summed E-state index contributed by atoms with van der Waals surface area (Å²) in [5.74, 6) is -1.12. The number of nitrogens with zero attached hydrogens (tertiary/aromatic N) is 2. The van der Waals surface area contributed by atoms with Gasteiger partial charge in [-0.2, -0.15) is 0 Å². The van der Waals surface area contributed by atoms with Crippen molar-refractivity contribution in [2.75, 3.05) is 0 Å². The Labute approximate surface area is 136 Å². The van der Waals surface area contributed by atoms with Crippen LogP contribution in [0, 0.1) is 17.3 Å². The Kier molecular flexibility index (Phi) is 4.92. The molecule has 3 atom stereocenters. The number of hydrogen-bond acceptors (Lipinski definition) is 5. The van der Waals surface area contributed by atoms with Gasteiger partial charge in [-0.25, -0.2) is 4.98 Å². The van der Waals surface area contributed by atoms with Crippen molar-refractivity contribution in [2.45, 2.75) is 46.6 Å². The summed E-state index contributed by atoms with van der Waals surface area (Å²) in [6.45, 7) is 7.53. The highest BCUT2D eigenvalue weighted by Crippen LogP contribution is 2.41. The Morgan fingerprint density at radius 3 is 2.48 bits per heavy atom. The largest absolute Gasteiger partial charge is 0.345 e. The first-order valence-electron chi connectivity index (χ1n) is 7.89. The zero-order chi connectivity index (χ0) is 17.2. The van der Waals surface area contributed by atoms with Gasteiger partial charge in [0.05, 0.1) is 12.2 Å². The zero-order valence-corrected chi connectivity index (χ0v) is 14.0. The van der Waals surface area contributed by atoms with Crippen LogP contribution >= 0.6 is 0 Å². The van der Waals surface area contributed by atoms with E-state index in [0.29, 0.717) is 12.8 Å². The smallest absolute Gasteiger partial charge is 0.224 e. The van der Waals surface area contributed by atoms with Crippen LogP contribution in [0.5, 0.6) is 0 Å². The molecule has 1 N–H and O–H groups in total. The molecule has 1 aliphatic carbocycles. The molecule has 0 aromatic carbocycles. The number of ketones is 2. The second-order valence-corrected chi connectivity index (χ2v) is 7.03. The molecule has 1 aromatic heterocycles. The number of hydrogen-bond donors (Lipinski definition) is 1. The average molecular weight is 317 g/mol. The van der Waals surface area contributed by atoms with Crippen LogP contribution in [0.1, 0.15) is 51.0 Å². The van der Waals surface area contributed by atoms with Gasteiger partial charge in [-0.3, -0.25) is 19.4 Å². The molecule has 1 saturated carbocycles. The van der Waals surface area contributed by atoms with Gasteiger partial charge < -0.3 is 5.32 Å². The van der Waals surface area contributed by atoms with E-state index in [1.807, 2.05) is 20.8 Å². The van der Waals surface area contributed by atoms with Crippen LogP contribution in [-0.2, 0) is 9.59 Å². The van der Waals surface area contributed by atoms with Crippen molar-refractivity contribution in [1.82, 2.24) is 15.3 Å². The van der Waals surface area contributed by atoms with Crippen molar-refractivity contribution in [3.8, 4) is 0 Å². The number of Topliss-reactive ketones (excluding diaryl/α,β-unsaturated/α-hetero) is 2. The maximum atomic E-state index is 12.4. The first-order valence-corrected chi connectivity index (χ1v) is 7.89. The first-order chi connectivity index (χ1) is 10.8. The molecule has 1 amide bonds. The van der Waals surface area contributed by atoms with E-state index in [2.05, 4.69) is 15.3 Å². The maximum Gasteiger partial charge on any atom is 0.224 e. The molecule has 6 nitrogen and oxygen atoms in total. The standard InChI is InChI=1S/C17H23N3O3/c1-5-13(21)15(17(2,3)4)20-16(23)11-8-10(11)14(22)12-9-18-6-7-19-12/h6-7,9-11,15H,5,8H2,1-4H3,(H,20,23)/t10-,11?,15+/m0/s1. The molecule has 1 aliphatic rings. The summed E-state index contributed by atoms with van der Waals surface area (Å²) in [6, 6.07) is -0.534. The van der Waals surface area contributed by atoms with Gasteiger partial charge in [0.25, 0.3) is 0 Å². The summed E-state index contributed by atoms with van der Waals surface area (Å²) < 4.78 is 0. The van der Waals surface area contributed by atoms with Crippen LogP contribution in [0.15, 0.2) is 18.6 Å². The summed E-state index contributed by atoms with van der Waals surface area (Å²) in [4.78, 5) is 44.5. The molecule has 1 fully saturated rings. The number of nitrogens with one attached hydrogen (secondary N) is 1. The van der Waals surface area contributed by atoms with Crippen LogP contribution in [0.2, 0.25) is 0 Å². The number of rotatable bonds is 6. The zero-order valence-electron chi connectivity index (χ0n) is 14.0. The molecular weight excluding hydrogens is 294 g/mol. The summed E-state index contributed by atoms with van der Waals surface area (Å²) in [7, 11) is 0. The third-order valence-corrected chi connectivity index (χ3v) is 4.10. The third kappa shape index (κ3) is 4.00.